The van der Waals surface area contributed by atoms with E-state index in [1.165, 1.54) is 0 Å². The fourth-order valence-corrected chi connectivity index (χ4v) is 2.39. The Bertz CT molecular complexity index is 459. The number of hydrogen-bond donors (Lipinski definition) is 2. The fraction of sp³-hybridized carbons (Fsp3) is 0.600. The zero-order valence-corrected chi connectivity index (χ0v) is 12.9. The molecule has 0 radical (unpaired) electrons. The second kappa shape index (κ2) is 7.95. The Labute approximate surface area is 126 Å². The molecule has 2 rings (SSSR count). The summed E-state index contributed by atoms with van der Waals surface area (Å²) >= 11 is 0. The van der Waals surface area contributed by atoms with Gasteiger partial charge in [-0.25, -0.2) is 0 Å². The predicted molar refractivity (Wildman–Crippen MR) is 84.8 cm³/mol. The summed E-state index contributed by atoms with van der Waals surface area (Å²) in [4.78, 5) is 20.6. The van der Waals surface area contributed by atoms with Gasteiger partial charge in [-0.2, -0.15) is 0 Å². The molecule has 1 aliphatic rings. The normalized spacial score (nSPS) is 15.7. The van der Waals surface area contributed by atoms with Gasteiger partial charge in [0.15, 0.2) is 0 Å². The van der Waals surface area contributed by atoms with Crippen LogP contribution in [0.3, 0.4) is 0 Å². The SMILES string of the molecule is CCNC(=O)c1cc(N(C)CCN2CCNCC2)ccn1. The summed E-state index contributed by atoms with van der Waals surface area (Å²) in [5, 5.41) is 6.13. The highest BCUT2D eigenvalue weighted by molar-refractivity contribution is 5.93. The van der Waals surface area contributed by atoms with Gasteiger partial charge < -0.3 is 15.5 Å². The van der Waals surface area contributed by atoms with Crippen molar-refractivity contribution in [1.29, 1.82) is 0 Å². The maximum atomic E-state index is 11.8. The van der Waals surface area contributed by atoms with Gasteiger partial charge in [-0.1, -0.05) is 0 Å². The highest BCUT2D eigenvalue weighted by atomic mass is 16.1. The van der Waals surface area contributed by atoms with E-state index >= 15 is 0 Å². The number of piperazine rings is 1. The lowest BCUT2D eigenvalue weighted by atomic mass is 10.2. The second-order valence-corrected chi connectivity index (χ2v) is 5.27. The lowest BCUT2D eigenvalue weighted by Crippen LogP contribution is -2.46. The van der Waals surface area contributed by atoms with Gasteiger partial charge in [0.2, 0.25) is 0 Å². The van der Waals surface area contributed by atoms with Gasteiger partial charge in [0.25, 0.3) is 5.91 Å². The molecule has 0 saturated carbocycles. The first-order valence-electron chi connectivity index (χ1n) is 7.59. The number of pyridine rings is 1. The zero-order chi connectivity index (χ0) is 15.1. The molecule has 1 aromatic heterocycles. The maximum Gasteiger partial charge on any atom is 0.269 e. The summed E-state index contributed by atoms with van der Waals surface area (Å²) in [6.45, 7) is 8.85. The van der Waals surface area contributed by atoms with Crippen LogP contribution in [0.25, 0.3) is 0 Å². The van der Waals surface area contributed by atoms with Gasteiger partial charge in [-0.15, -0.1) is 0 Å². The largest absolute Gasteiger partial charge is 0.373 e. The van der Waals surface area contributed by atoms with Crippen molar-refractivity contribution in [2.45, 2.75) is 6.92 Å². The molecule has 1 aliphatic heterocycles. The van der Waals surface area contributed by atoms with Crippen LogP contribution in [-0.2, 0) is 0 Å². The summed E-state index contributed by atoms with van der Waals surface area (Å²) in [5.74, 6) is -0.116. The van der Waals surface area contributed by atoms with Crippen LogP contribution in [0.2, 0.25) is 0 Å². The first-order valence-corrected chi connectivity index (χ1v) is 7.59. The second-order valence-electron chi connectivity index (χ2n) is 5.27. The third-order valence-corrected chi connectivity index (χ3v) is 3.72. The summed E-state index contributed by atoms with van der Waals surface area (Å²) < 4.78 is 0. The molecule has 116 valence electrons. The van der Waals surface area contributed by atoms with E-state index in [0.29, 0.717) is 12.2 Å². The van der Waals surface area contributed by atoms with Gasteiger partial charge in [0.05, 0.1) is 0 Å². The number of anilines is 1. The molecule has 2 N–H and O–H groups in total. The highest BCUT2D eigenvalue weighted by Gasteiger charge is 2.12. The Morgan fingerprint density at radius 1 is 1.48 bits per heavy atom. The molecule has 1 saturated heterocycles. The lowest BCUT2D eigenvalue weighted by molar-refractivity contribution is 0.0951. The van der Waals surface area contributed by atoms with Crippen LogP contribution in [0.15, 0.2) is 18.3 Å². The van der Waals surface area contributed by atoms with E-state index in [4.69, 9.17) is 0 Å². The molecule has 0 bridgehead atoms. The average molecular weight is 291 g/mol. The minimum atomic E-state index is -0.116. The topological polar surface area (TPSA) is 60.5 Å². The number of nitrogens with one attached hydrogen (secondary N) is 2. The van der Waals surface area contributed by atoms with Crippen LogP contribution >= 0.6 is 0 Å². The molecule has 2 heterocycles. The molecule has 0 unspecified atom stereocenters. The third-order valence-electron chi connectivity index (χ3n) is 3.72. The third kappa shape index (κ3) is 4.68. The van der Waals surface area contributed by atoms with Crippen LogP contribution in [0.1, 0.15) is 17.4 Å². The molecular weight excluding hydrogens is 266 g/mol. The van der Waals surface area contributed by atoms with Crippen LogP contribution in [-0.4, -0.2) is 68.7 Å². The van der Waals surface area contributed by atoms with E-state index in [1.54, 1.807) is 6.20 Å². The quantitative estimate of drug-likeness (QED) is 0.782. The molecule has 21 heavy (non-hydrogen) atoms. The molecule has 1 aromatic rings. The summed E-state index contributed by atoms with van der Waals surface area (Å²) in [6, 6.07) is 3.79. The van der Waals surface area contributed by atoms with Crippen LogP contribution < -0.4 is 15.5 Å². The van der Waals surface area contributed by atoms with Crippen molar-refractivity contribution in [3.8, 4) is 0 Å². The molecule has 6 nitrogen and oxygen atoms in total. The number of hydrogen-bond acceptors (Lipinski definition) is 5. The fourth-order valence-electron chi connectivity index (χ4n) is 2.39. The van der Waals surface area contributed by atoms with Crippen LogP contribution in [0.5, 0.6) is 0 Å². The van der Waals surface area contributed by atoms with Gasteiger partial charge in [0, 0.05) is 64.7 Å². The molecule has 0 spiro atoms. The molecular formula is C15H25N5O. The van der Waals surface area contributed by atoms with Crippen LogP contribution in [0.4, 0.5) is 5.69 Å². The first-order chi connectivity index (χ1) is 10.2. The van der Waals surface area contributed by atoms with Crippen molar-refractivity contribution in [3.63, 3.8) is 0 Å². The van der Waals surface area contributed by atoms with E-state index in [0.717, 1.165) is 45.0 Å². The van der Waals surface area contributed by atoms with Crippen molar-refractivity contribution in [2.75, 3.05) is 57.8 Å². The van der Waals surface area contributed by atoms with Gasteiger partial charge in [0.1, 0.15) is 5.69 Å². The lowest BCUT2D eigenvalue weighted by Gasteiger charge is -2.29. The first kappa shape index (κ1) is 15.7. The Hall–Kier alpha value is -1.66. The average Bonchev–Trinajstić information content (AvgIpc) is 2.54. The van der Waals surface area contributed by atoms with E-state index in [2.05, 4.69) is 32.5 Å². The Morgan fingerprint density at radius 3 is 2.95 bits per heavy atom. The zero-order valence-electron chi connectivity index (χ0n) is 12.9. The van der Waals surface area contributed by atoms with Gasteiger partial charge in [-0.05, 0) is 19.1 Å². The number of aromatic nitrogens is 1. The van der Waals surface area contributed by atoms with Gasteiger partial charge in [-0.3, -0.25) is 14.7 Å². The summed E-state index contributed by atoms with van der Waals surface area (Å²) in [5.41, 5.74) is 1.50. The van der Waals surface area contributed by atoms with E-state index < -0.39 is 0 Å². The van der Waals surface area contributed by atoms with Crippen molar-refractivity contribution >= 4 is 11.6 Å². The van der Waals surface area contributed by atoms with Gasteiger partial charge >= 0.3 is 0 Å². The minimum Gasteiger partial charge on any atom is -0.373 e. The number of carbonyl (C=O) groups is 1. The van der Waals surface area contributed by atoms with Crippen molar-refractivity contribution in [1.82, 2.24) is 20.5 Å². The minimum absolute atomic E-state index is 0.116. The maximum absolute atomic E-state index is 11.8. The van der Waals surface area contributed by atoms with Crippen molar-refractivity contribution < 1.29 is 4.79 Å². The Kier molecular flexibility index (Phi) is 5.95. The number of amides is 1. The Morgan fingerprint density at radius 2 is 2.24 bits per heavy atom. The van der Waals surface area contributed by atoms with Crippen molar-refractivity contribution in [2.24, 2.45) is 0 Å². The smallest absolute Gasteiger partial charge is 0.269 e. The number of carbonyl (C=O) groups excluding carboxylic acids is 1. The van der Waals surface area contributed by atoms with Crippen LogP contribution in [0, 0.1) is 0 Å². The van der Waals surface area contributed by atoms with E-state index in [-0.39, 0.29) is 5.91 Å². The standard InChI is InChI=1S/C15H25N5O/c1-3-17-15(21)14-12-13(4-5-18-14)19(2)10-11-20-8-6-16-7-9-20/h4-5,12,16H,3,6-11H2,1-2H3,(H,17,21). The number of nitrogens with zero attached hydrogens (tertiary/aromatic N) is 3. The number of likely N-dealkylation sites (N-methyl/N-ethyl adjacent to an activating group) is 1. The molecule has 1 amide bonds. The highest BCUT2D eigenvalue weighted by Crippen LogP contribution is 2.13. The molecule has 6 heteroatoms. The van der Waals surface area contributed by atoms with E-state index in [9.17, 15) is 4.79 Å². The predicted octanol–water partition coefficient (Wildman–Crippen LogP) is 0.173. The van der Waals surface area contributed by atoms with Crippen molar-refractivity contribution in [3.05, 3.63) is 24.0 Å². The molecule has 1 fully saturated rings. The van der Waals surface area contributed by atoms with E-state index in [1.807, 2.05) is 19.1 Å². The molecule has 0 aliphatic carbocycles. The summed E-state index contributed by atoms with van der Waals surface area (Å²) in [7, 11) is 2.05. The monoisotopic (exact) mass is 291 g/mol. The number of rotatable bonds is 6. The molecule has 0 atom stereocenters. The Balaban J connectivity index is 1.90. The molecule has 0 aromatic carbocycles. The summed E-state index contributed by atoms with van der Waals surface area (Å²) in [6.07, 6.45) is 1.70.